The molecule has 0 aromatic heterocycles. The molecule has 1 aliphatic heterocycles. The lowest BCUT2D eigenvalue weighted by Crippen LogP contribution is -2.46. The molecular formula is C21H28O6Si. The van der Waals surface area contributed by atoms with Crippen LogP contribution in [0.5, 0.6) is 0 Å². The van der Waals surface area contributed by atoms with E-state index in [0.29, 0.717) is 0 Å². The number of carbonyl (C=O) groups excluding carboxylic acids is 2. The van der Waals surface area contributed by atoms with Crippen molar-refractivity contribution in [2.75, 3.05) is 0 Å². The van der Waals surface area contributed by atoms with Gasteiger partial charge in [-0.25, -0.2) is 9.59 Å². The summed E-state index contributed by atoms with van der Waals surface area (Å²) in [5.74, 6) is -1.34. The fourth-order valence-electron chi connectivity index (χ4n) is 2.36. The predicted octanol–water partition coefficient (Wildman–Crippen LogP) is 3.48. The summed E-state index contributed by atoms with van der Waals surface area (Å²) in [6.45, 7) is 14.1. The Bertz CT molecular complexity index is 776. The van der Waals surface area contributed by atoms with Crippen molar-refractivity contribution in [3.8, 4) is 0 Å². The minimum atomic E-state index is -2.37. The monoisotopic (exact) mass is 404 g/mol. The fraction of sp³-hybridized carbons (Fsp3) is 0.429. The summed E-state index contributed by atoms with van der Waals surface area (Å²) in [6, 6.07) is 9.26. The van der Waals surface area contributed by atoms with Crippen LogP contribution >= 0.6 is 0 Å². The van der Waals surface area contributed by atoms with Gasteiger partial charge in [0.2, 0.25) is 6.29 Å². The van der Waals surface area contributed by atoms with Gasteiger partial charge < -0.3 is 19.0 Å². The van der Waals surface area contributed by atoms with Gasteiger partial charge in [0.05, 0.1) is 5.57 Å². The van der Waals surface area contributed by atoms with Gasteiger partial charge in [-0.15, -0.1) is 0 Å². The van der Waals surface area contributed by atoms with Crippen molar-refractivity contribution in [3.05, 3.63) is 59.7 Å². The second-order valence-corrected chi connectivity index (χ2v) is 13.0. The van der Waals surface area contributed by atoms with E-state index < -0.39 is 32.6 Å². The molecule has 7 heteroatoms. The van der Waals surface area contributed by atoms with E-state index in [1.807, 2.05) is 64.2 Å². The molecule has 0 amide bonds. The molecule has 0 fully saturated rings. The molecule has 0 aliphatic carbocycles. The molecule has 6 nitrogen and oxygen atoms in total. The predicted molar refractivity (Wildman–Crippen MR) is 108 cm³/mol. The number of ether oxygens (including phenoxy) is 2. The zero-order chi connectivity index (χ0) is 21.1. The summed E-state index contributed by atoms with van der Waals surface area (Å²) in [7, 11) is -2.37. The molecule has 28 heavy (non-hydrogen) atoms. The van der Waals surface area contributed by atoms with E-state index in [0.717, 1.165) is 11.6 Å². The standard InChI is InChI=1S/C21H28O6Si/c1-14(19(23)25-13-15-10-8-7-9-11-15)18(16-12-17(22)26-20(16)24)27-28(5,6)21(2,3)4/h7-12,18,20,24H,1,13H2,2-6H3. The van der Waals surface area contributed by atoms with Gasteiger partial charge in [-0.05, 0) is 23.7 Å². The van der Waals surface area contributed by atoms with Gasteiger partial charge >= 0.3 is 11.9 Å². The third kappa shape index (κ3) is 5.18. The highest BCUT2D eigenvalue weighted by molar-refractivity contribution is 6.74. The van der Waals surface area contributed by atoms with Crippen molar-refractivity contribution in [3.63, 3.8) is 0 Å². The molecule has 0 saturated carbocycles. The van der Waals surface area contributed by atoms with Crippen molar-refractivity contribution < 1.29 is 28.6 Å². The first-order chi connectivity index (χ1) is 12.9. The molecule has 1 heterocycles. The summed E-state index contributed by atoms with van der Waals surface area (Å²) in [5.41, 5.74) is 1.02. The summed E-state index contributed by atoms with van der Waals surface area (Å²) in [5, 5.41) is 9.94. The minimum Gasteiger partial charge on any atom is -0.457 e. The van der Waals surface area contributed by atoms with Crippen LogP contribution in [0.4, 0.5) is 0 Å². The third-order valence-electron chi connectivity index (χ3n) is 5.11. The van der Waals surface area contributed by atoms with Crippen molar-refractivity contribution in [2.24, 2.45) is 0 Å². The first-order valence-electron chi connectivity index (χ1n) is 9.10. The average Bonchev–Trinajstić information content (AvgIpc) is 2.95. The maximum absolute atomic E-state index is 12.6. The summed E-state index contributed by atoms with van der Waals surface area (Å²) < 4.78 is 16.5. The largest absolute Gasteiger partial charge is 0.457 e. The van der Waals surface area contributed by atoms with Crippen molar-refractivity contribution in [1.29, 1.82) is 0 Å². The molecule has 1 aromatic carbocycles. The Morgan fingerprint density at radius 2 is 1.89 bits per heavy atom. The van der Waals surface area contributed by atoms with E-state index in [-0.39, 0.29) is 22.8 Å². The highest BCUT2D eigenvalue weighted by atomic mass is 28.4. The van der Waals surface area contributed by atoms with E-state index in [9.17, 15) is 14.7 Å². The number of aliphatic hydroxyl groups is 1. The second-order valence-electron chi connectivity index (χ2n) is 8.28. The van der Waals surface area contributed by atoms with Crippen LogP contribution in [0.15, 0.2) is 54.1 Å². The minimum absolute atomic E-state index is 0.0179. The SMILES string of the molecule is C=C(C(=O)OCc1ccccc1)C(O[Si](C)(C)C(C)(C)C)C1=CC(=O)OC1O. The summed E-state index contributed by atoms with van der Waals surface area (Å²) in [4.78, 5) is 24.2. The molecule has 1 N–H and O–H groups in total. The van der Waals surface area contributed by atoms with Gasteiger partial charge in [0.15, 0.2) is 8.32 Å². The van der Waals surface area contributed by atoms with Gasteiger partial charge in [-0.3, -0.25) is 0 Å². The molecule has 0 spiro atoms. The van der Waals surface area contributed by atoms with Crippen LogP contribution < -0.4 is 0 Å². The zero-order valence-electron chi connectivity index (χ0n) is 17.0. The molecule has 1 aromatic rings. The van der Waals surface area contributed by atoms with E-state index >= 15 is 0 Å². The van der Waals surface area contributed by atoms with Crippen molar-refractivity contribution in [1.82, 2.24) is 0 Å². The number of hydrogen-bond donors (Lipinski definition) is 1. The number of carbonyl (C=O) groups is 2. The fourth-order valence-corrected chi connectivity index (χ4v) is 3.58. The number of aliphatic hydroxyl groups excluding tert-OH is 1. The Kier molecular flexibility index (Phi) is 6.64. The maximum Gasteiger partial charge on any atom is 0.336 e. The quantitative estimate of drug-likeness (QED) is 0.426. The van der Waals surface area contributed by atoms with Crippen LogP contribution in [0, 0.1) is 0 Å². The normalized spacial score (nSPS) is 18.3. The van der Waals surface area contributed by atoms with Gasteiger partial charge in [0.1, 0.15) is 12.7 Å². The summed E-state index contributed by atoms with van der Waals surface area (Å²) in [6.07, 6.45) is -1.32. The van der Waals surface area contributed by atoms with Crippen LogP contribution in [0.2, 0.25) is 18.1 Å². The molecule has 0 radical (unpaired) electrons. The zero-order valence-corrected chi connectivity index (χ0v) is 18.0. The van der Waals surface area contributed by atoms with Gasteiger partial charge in [0, 0.05) is 11.6 Å². The van der Waals surface area contributed by atoms with Crippen LogP contribution in [0.3, 0.4) is 0 Å². The van der Waals surface area contributed by atoms with Gasteiger partial charge in [-0.2, -0.15) is 0 Å². The molecule has 2 unspecified atom stereocenters. The Hall–Kier alpha value is -2.22. The second kappa shape index (κ2) is 8.42. The molecule has 2 rings (SSSR count). The average molecular weight is 405 g/mol. The summed E-state index contributed by atoms with van der Waals surface area (Å²) >= 11 is 0. The van der Waals surface area contributed by atoms with E-state index in [1.165, 1.54) is 0 Å². The van der Waals surface area contributed by atoms with Crippen LogP contribution in [-0.2, 0) is 30.1 Å². The molecular weight excluding hydrogens is 376 g/mol. The van der Waals surface area contributed by atoms with E-state index in [2.05, 4.69) is 6.58 Å². The van der Waals surface area contributed by atoms with Crippen molar-refractivity contribution in [2.45, 2.75) is 57.9 Å². The molecule has 152 valence electrons. The van der Waals surface area contributed by atoms with Gasteiger partial charge in [-0.1, -0.05) is 57.7 Å². The van der Waals surface area contributed by atoms with E-state index in [1.54, 1.807) is 0 Å². The first kappa shape index (κ1) is 22.1. The number of rotatable bonds is 7. The van der Waals surface area contributed by atoms with Crippen molar-refractivity contribution >= 4 is 20.3 Å². The molecule has 1 aliphatic rings. The number of cyclic esters (lactones) is 1. The lowest BCUT2D eigenvalue weighted by molar-refractivity contribution is -0.151. The number of benzene rings is 1. The Morgan fingerprint density at radius 1 is 1.29 bits per heavy atom. The van der Waals surface area contributed by atoms with Crippen LogP contribution in [0.25, 0.3) is 0 Å². The maximum atomic E-state index is 12.6. The Morgan fingerprint density at radius 3 is 2.39 bits per heavy atom. The first-order valence-corrected chi connectivity index (χ1v) is 12.0. The molecule has 2 atom stereocenters. The smallest absolute Gasteiger partial charge is 0.336 e. The Labute approximate surface area is 166 Å². The highest BCUT2D eigenvalue weighted by Crippen LogP contribution is 2.40. The van der Waals surface area contributed by atoms with Gasteiger partial charge in [0.25, 0.3) is 0 Å². The Balaban J connectivity index is 2.22. The van der Waals surface area contributed by atoms with E-state index in [4.69, 9.17) is 13.9 Å². The lowest BCUT2D eigenvalue weighted by atomic mass is 10.0. The third-order valence-corrected chi connectivity index (χ3v) is 9.55. The topological polar surface area (TPSA) is 82.1 Å². The molecule has 0 saturated heterocycles. The lowest BCUT2D eigenvalue weighted by Gasteiger charge is -2.40. The highest BCUT2D eigenvalue weighted by Gasteiger charge is 2.44. The van der Waals surface area contributed by atoms with Crippen LogP contribution in [-0.4, -0.2) is 37.8 Å². The number of esters is 2. The van der Waals surface area contributed by atoms with Crippen LogP contribution in [0.1, 0.15) is 26.3 Å². The number of hydrogen-bond acceptors (Lipinski definition) is 6. The molecule has 0 bridgehead atoms.